The highest BCUT2D eigenvalue weighted by Gasteiger charge is 2.08. The van der Waals surface area contributed by atoms with Crippen LogP contribution in [-0.2, 0) is 6.54 Å². The largest absolute Gasteiger partial charge is 0.359 e. The number of hydrogen-bond acceptors (Lipinski definition) is 4. The molecule has 0 aliphatic heterocycles. The van der Waals surface area contributed by atoms with Gasteiger partial charge in [-0.05, 0) is 18.1 Å². The van der Waals surface area contributed by atoms with E-state index >= 15 is 0 Å². The predicted octanol–water partition coefficient (Wildman–Crippen LogP) is 2.51. The van der Waals surface area contributed by atoms with Gasteiger partial charge in [0.05, 0.1) is 12.2 Å². The maximum Gasteiger partial charge on any atom is 0.251 e. The van der Waals surface area contributed by atoms with Crippen LogP contribution in [-0.4, -0.2) is 37.2 Å². The first-order chi connectivity index (χ1) is 12.1. The van der Waals surface area contributed by atoms with E-state index in [1.807, 2.05) is 24.3 Å². The second-order valence-electron chi connectivity index (χ2n) is 5.85. The third-order valence-electron chi connectivity index (χ3n) is 3.56. The van der Waals surface area contributed by atoms with E-state index in [4.69, 9.17) is 4.52 Å². The number of halogens is 1. The van der Waals surface area contributed by atoms with Crippen molar-refractivity contribution in [2.75, 3.05) is 20.1 Å². The minimum atomic E-state index is -0.0896. The molecule has 0 aliphatic rings. The van der Waals surface area contributed by atoms with E-state index in [0.29, 0.717) is 37.1 Å². The van der Waals surface area contributed by atoms with E-state index in [1.54, 1.807) is 19.2 Å². The second-order valence-corrected chi connectivity index (χ2v) is 5.85. The molecule has 1 aromatic heterocycles. The summed E-state index contributed by atoms with van der Waals surface area (Å²) in [5, 5.41) is 13.2. The van der Waals surface area contributed by atoms with Crippen molar-refractivity contribution >= 4 is 35.8 Å². The average Bonchev–Trinajstić information content (AvgIpc) is 3.11. The lowest BCUT2D eigenvalue weighted by atomic mass is 10.1. The van der Waals surface area contributed by atoms with E-state index in [1.165, 1.54) is 0 Å². The van der Waals surface area contributed by atoms with Gasteiger partial charge in [0, 0.05) is 31.8 Å². The molecule has 1 aromatic carbocycles. The van der Waals surface area contributed by atoms with E-state index in [2.05, 4.69) is 39.9 Å². The lowest BCUT2D eigenvalue weighted by Crippen LogP contribution is -2.41. The van der Waals surface area contributed by atoms with Crippen molar-refractivity contribution in [3.63, 3.8) is 0 Å². The number of carbonyl (C=O) groups excluding carboxylic acids is 1. The number of aliphatic imine (C=N–C) groups is 1. The zero-order chi connectivity index (χ0) is 18.1. The standard InChI is InChI=1S/C18H25N5O2.HI/c1-13(2)16-11-15(25-23-16)12-22-18(19-3)21-10-9-20-17(24)14-7-5-4-6-8-14;/h4-8,11,13H,9-10,12H2,1-3H3,(H,20,24)(H2,19,21,22);1H. The summed E-state index contributed by atoms with van der Waals surface area (Å²) in [6.45, 7) is 5.69. The van der Waals surface area contributed by atoms with Crippen LogP contribution in [0, 0.1) is 0 Å². The van der Waals surface area contributed by atoms with Crippen LogP contribution < -0.4 is 16.0 Å². The molecule has 2 aromatic rings. The molecule has 0 unspecified atom stereocenters. The maximum atomic E-state index is 11.9. The third kappa shape index (κ3) is 7.03. The van der Waals surface area contributed by atoms with Crippen LogP contribution >= 0.6 is 24.0 Å². The molecule has 0 saturated carbocycles. The van der Waals surface area contributed by atoms with Crippen molar-refractivity contribution in [1.29, 1.82) is 0 Å². The molecule has 26 heavy (non-hydrogen) atoms. The number of carbonyl (C=O) groups is 1. The second kappa shape index (κ2) is 11.5. The molecule has 1 heterocycles. The molecular formula is C18H26IN5O2. The zero-order valence-corrected chi connectivity index (χ0v) is 17.6. The van der Waals surface area contributed by atoms with Crippen LogP contribution in [0.15, 0.2) is 45.9 Å². The smallest absolute Gasteiger partial charge is 0.251 e. The summed E-state index contributed by atoms with van der Waals surface area (Å²) in [5.74, 6) is 1.64. The van der Waals surface area contributed by atoms with Gasteiger partial charge in [-0.3, -0.25) is 9.79 Å². The maximum absolute atomic E-state index is 11.9. The summed E-state index contributed by atoms with van der Waals surface area (Å²) in [4.78, 5) is 16.1. The summed E-state index contributed by atoms with van der Waals surface area (Å²) in [6.07, 6.45) is 0. The molecule has 7 nitrogen and oxygen atoms in total. The summed E-state index contributed by atoms with van der Waals surface area (Å²) >= 11 is 0. The molecule has 1 amide bonds. The fourth-order valence-electron chi connectivity index (χ4n) is 2.12. The van der Waals surface area contributed by atoms with Gasteiger partial charge in [-0.25, -0.2) is 0 Å². The monoisotopic (exact) mass is 471 g/mol. The molecule has 0 saturated heterocycles. The van der Waals surface area contributed by atoms with Gasteiger partial charge in [0.15, 0.2) is 11.7 Å². The summed E-state index contributed by atoms with van der Waals surface area (Å²) < 4.78 is 5.27. The molecule has 0 aliphatic carbocycles. The SMILES string of the molecule is CN=C(NCCNC(=O)c1ccccc1)NCc1cc(C(C)C)no1.I. The Bertz CT molecular complexity index is 701. The Balaban J connectivity index is 0.00000338. The van der Waals surface area contributed by atoms with E-state index in [0.717, 1.165) is 11.5 Å². The number of guanidine groups is 1. The Kier molecular flexibility index (Phi) is 9.71. The van der Waals surface area contributed by atoms with Gasteiger partial charge in [0.25, 0.3) is 5.91 Å². The Hall–Kier alpha value is -2.10. The molecule has 2 rings (SSSR count). The van der Waals surface area contributed by atoms with Crippen LogP contribution in [0.25, 0.3) is 0 Å². The van der Waals surface area contributed by atoms with Crippen LogP contribution in [0.4, 0.5) is 0 Å². The molecule has 142 valence electrons. The van der Waals surface area contributed by atoms with Crippen molar-refractivity contribution in [2.24, 2.45) is 4.99 Å². The number of aromatic nitrogens is 1. The van der Waals surface area contributed by atoms with Gasteiger partial charge < -0.3 is 20.5 Å². The van der Waals surface area contributed by atoms with Gasteiger partial charge in [-0.15, -0.1) is 24.0 Å². The molecular weight excluding hydrogens is 445 g/mol. The number of hydrogen-bond donors (Lipinski definition) is 3. The first kappa shape index (κ1) is 21.9. The fourth-order valence-corrected chi connectivity index (χ4v) is 2.12. The van der Waals surface area contributed by atoms with Crippen molar-refractivity contribution < 1.29 is 9.32 Å². The molecule has 0 radical (unpaired) electrons. The number of nitrogens with zero attached hydrogens (tertiary/aromatic N) is 2. The van der Waals surface area contributed by atoms with Crippen LogP contribution in [0.3, 0.4) is 0 Å². The Morgan fingerprint density at radius 1 is 1.15 bits per heavy atom. The summed E-state index contributed by atoms with van der Waals surface area (Å²) in [7, 11) is 1.69. The van der Waals surface area contributed by atoms with Crippen LogP contribution in [0.5, 0.6) is 0 Å². The number of rotatable bonds is 7. The van der Waals surface area contributed by atoms with Crippen molar-refractivity contribution in [3.05, 3.63) is 53.4 Å². The minimum Gasteiger partial charge on any atom is -0.359 e. The molecule has 0 atom stereocenters. The molecule has 0 spiro atoms. The van der Waals surface area contributed by atoms with E-state index in [9.17, 15) is 4.79 Å². The molecule has 8 heteroatoms. The highest BCUT2D eigenvalue weighted by Crippen LogP contribution is 2.13. The normalized spacial score (nSPS) is 11.0. The van der Waals surface area contributed by atoms with Crippen molar-refractivity contribution in [3.8, 4) is 0 Å². The predicted molar refractivity (Wildman–Crippen MR) is 113 cm³/mol. The van der Waals surface area contributed by atoms with Gasteiger partial charge >= 0.3 is 0 Å². The van der Waals surface area contributed by atoms with E-state index < -0.39 is 0 Å². The van der Waals surface area contributed by atoms with Gasteiger partial charge in [-0.2, -0.15) is 0 Å². The molecule has 3 N–H and O–H groups in total. The van der Waals surface area contributed by atoms with Gasteiger partial charge in [0.2, 0.25) is 0 Å². The highest BCUT2D eigenvalue weighted by molar-refractivity contribution is 14.0. The van der Waals surface area contributed by atoms with Gasteiger partial charge in [0.1, 0.15) is 0 Å². The lowest BCUT2D eigenvalue weighted by molar-refractivity contribution is 0.0954. The Morgan fingerprint density at radius 2 is 1.85 bits per heavy atom. The summed E-state index contributed by atoms with van der Waals surface area (Å²) in [6, 6.07) is 11.1. The number of benzene rings is 1. The van der Waals surface area contributed by atoms with Crippen LogP contribution in [0.2, 0.25) is 0 Å². The highest BCUT2D eigenvalue weighted by atomic mass is 127. The average molecular weight is 471 g/mol. The van der Waals surface area contributed by atoms with Crippen molar-refractivity contribution in [1.82, 2.24) is 21.1 Å². The lowest BCUT2D eigenvalue weighted by Gasteiger charge is -2.11. The molecule has 0 fully saturated rings. The Labute approximate surface area is 171 Å². The first-order valence-corrected chi connectivity index (χ1v) is 8.33. The fraction of sp³-hybridized carbons (Fsp3) is 0.389. The van der Waals surface area contributed by atoms with Gasteiger partial charge in [-0.1, -0.05) is 37.2 Å². The zero-order valence-electron chi connectivity index (χ0n) is 15.3. The molecule has 0 bridgehead atoms. The topological polar surface area (TPSA) is 91.5 Å². The third-order valence-corrected chi connectivity index (χ3v) is 3.56. The van der Waals surface area contributed by atoms with Crippen LogP contribution in [0.1, 0.15) is 41.6 Å². The minimum absolute atomic E-state index is 0. The summed E-state index contributed by atoms with van der Waals surface area (Å²) in [5.41, 5.74) is 1.58. The number of nitrogens with one attached hydrogen (secondary N) is 3. The van der Waals surface area contributed by atoms with E-state index in [-0.39, 0.29) is 29.9 Å². The quantitative estimate of drug-likeness (QED) is 0.250. The van der Waals surface area contributed by atoms with Crippen molar-refractivity contribution in [2.45, 2.75) is 26.3 Å². The first-order valence-electron chi connectivity index (χ1n) is 8.33. The number of amides is 1. The Morgan fingerprint density at radius 3 is 2.46 bits per heavy atom.